The Hall–Kier alpha value is -2.12. The van der Waals surface area contributed by atoms with Crippen LogP contribution >= 0.6 is 23.2 Å². The van der Waals surface area contributed by atoms with Crippen molar-refractivity contribution in [3.05, 3.63) is 68.7 Å². The highest BCUT2D eigenvalue weighted by atomic mass is 35.5. The van der Waals surface area contributed by atoms with Crippen molar-refractivity contribution in [1.29, 1.82) is 0 Å². The van der Waals surface area contributed by atoms with Crippen LogP contribution in [0.1, 0.15) is 99.7 Å². The van der Waals surface area contributed by atoms with Gasteiger partial charge in [0.15, 0.2) is 12.2 Å². The molecule has 3 rings (SSSR count). The molecule has 1 aliphatic heterocycles. The van der Waals surface area contributed by atoms with Gasteiger partial charge in [-0.05, 0) is 49.9 Å². The fraction of sp³-hybridized carbons (Fsp3) is 0.588. The van der Waals surface area contributed by atoms with Gasteiger partial charge < -0.3 is 19.3 Å². The average molecular weight is 620 g/mol. The van der Waals surface area contributed by atoms with Gasteiger partial charge in [-0.2, -0.15) is 0 Å². The Morgan fingerprint density at radius 3 is 1.38 bits per heavy atom. The van der Waals surface area contributed by atoms with Gasteiger partial charge in [-0.15, -0.1) is 0 Å². The second kappa shape index (κ2) is 17.9. The molecule has 2 amide bonds. The Kier molecular flexibility index (Phi) is 14.6. The molecule has 2 unspecified atom stereocenters. The number of hydrogen-bond acceptors (Lipinski definition) is 4. The summed E-state index contributed by atoms with van der Waals surface area (Å²) in [5, 5.41) is 1.06. The number of unbranched alkanes of at least 4 members (excludes halogenated alkanes) is 6. The van der Waals surface area contributed by atoms with Crippen LogP contribution in [0.25, 0.3) is 0 Å². The van der Waals surface area contributed by atoms with E-state index in [1.807, 2.05) is 50.2 Å². The molecule has 2 aromatic carbocycles. The van der Waals surface area contributed by atoms with Crippen LogP contribution in [-0.2, 0) is 19.1 Å². The number of aryl methyl sites for hydroxylation is 2. The molecule has 1 fully saturated rings. The Morgan fingerprint density at radius 1 is 0.667 bits per heavy atom. The molecule has 0 spiro atoms. The highest BCUT2D eigenvalue weighted by Crippen LogP contribution is 2.31. The molecule has 0 aliphatic carbocycles. The molecule has 1 saturated heterocycles. The predicted octanol–water partition coefficient (Wildman–Crippen LogP) is 8.26. The molecule has 1 aliphatic rings. The van der Waals surface area contributed by atoms with Crippen LogP contribution in [0.3, 0.4) is 0 Å². The number of piperazine rings is 1. The minimum Gasteiger partial charge on any atom is -0.364 e. The molecule has 8 heteroatoms. The third-order valence-electron chi connectivity index (χ3n) is 7.79. The lowest BCUT2D eigenvalue weighted by Crippen LogP contribution is -2.53. The van der Waals surface area contributed by atoms with Crippen LogP contribution in [0.4, 0.5) is 0 Å². The maximum atomic E-state index is 13.8. The SMILES string of the molecule is CCCCCCOC(C(=O)N1CCN(C(=O)C(OCCCCCC)c2ccc(C)cc2Cl)CC1)c1ccc(C)cc1Cl. The lowest BCUT2D eigenvalue weighted by atomic mass is 10.0. The van der Waals surface area contributed by atoms with Gasteiger partial charge in [-0.25, -0.2) is 0 Å². The molecule has 0 N–H and O–H groups in total. The van der Waals surface area contributed by atoms with E-state index < -0.39 is 12.2 Å². The Bertz CT molecular complexity index is 1060. The number of nitrogens with zero attached hydrogens (tertiary/aromatic N) is 2. The maximum Gasteiger partial charge on any atom is 0.256 e. The summed E-state index contributed by atoms with van der Waals surface area (Å²) in [4.78, 5) is 31.2. The van der Waals surface area contributed by atoms with Crippen molar-refractivity contribution >= 4 is 35.0 Å². The van der Waals surface area contributed by atoms with Gasteiger partial charge in [0.1, 0.15) is 0 Å². The van der Waals surface area contributed by atoms with E-state index in [9.17, 15) is 9.59 Å². The zero-order valence-electron chi connectivity index (χ0n) is 25.8. The van der Waals surface area contributed by atoms with E-state index in [0.29, 0.717) is 60.6 Å². The van der Waals surface area contributed by atoms with E-state index in [2.05, 4.69) is 13.8 Å². The smallest absolute Gasteiger partial charge is 0.256 e. The van der Waals surface area contributed by atoms with Crippen LogP contribution in [0.15, 0.2) is 36.4 Å². The Labute approximate surface area is 262 Å². The second-order valence-corrected chi connectivity index (χ2v) is 12.1. The zero-order chi connectivity index (χ0) is 30.5. The molecule has 232 valence electrons. The van der Waals surface area contributed by atoms with Gasteiger partial charge in [0.25, 0.3) is 11.8 Å². The molecule has 6 nitrogen and oxygen atoms in total. The van der Waals surface area contributed by atoms with Crippen molar-refractivity contribution in [2.75, 3.05) is 39.4 Å². The van der Waals surface area contributed by atoms with Gasteiger partial charge in [-0.3, -0.25) is 9.59 Å². The summed E-state index contributed by atoms with van der Waals surface area (Å²) in [7, 11) is 0. The number of carbonyl (C=O) groups excluding carboxylic acids is 2. The fourth-order valence-corrected chi connectivity index (χ4v) is 5.89. The van der Waals surface area contributed by atoms with E-state index >= 15 is 0 Å². The molecule has 0 radical (unpaired) electrons. The number of halogens is 2. The highest BCUT2D eigenvalue weighted by Gasteiger charge is 2.34. The number of ether oxygens (including phenoxy) is 2. The molecular formula is C34H48Cl2N2O4. The summed E-state index contributed by atoms with van der Waals surface area (Å²) in [5.74, 6) is -0.234. The lowest BCUT2D eigenvalue weighted by molar-refractivity contribution is -0.153. The van der Waals surface area contributed by atoms with E-state index in [0.717, 1.165) is 62.5 Å². The van der Waals surface area contributed by atoms with Gasteiger partial charge >= 0.3 is 0 Å². The average Bonchev–Trinajstić information content (AvgIpc) is 2.97. The van der Waals surface area contributed by atoms with Crippen LogP contribution in [0, 0.1) is 13.8 Å². The molecule has 1 heterocycles. The first-order valence-corrected chi connectivity index (χ1v) is 16.3. The zero-order valence-corrected chi connectivity index (χ0v) is 27.3. The summed E-state index contributed by atoms with van der Waals surface area (Å²) >= 11 is 13.2. The normalized spacial score (nSPS) is 15.1. The van der Waals surface area contributed by atoms with Crippen molar-refractivity contribution in [3.8, 4) is 0 Å². The van der Waals surface area contributed by atoms with E-state index in [-0.39, 0.29) is 11.8 Å². The van der Waals surface area contributed by atoms with Gasteiger partial charge in [0.2, 0.25) is 0 Å². The predicted molar refractivity (Wildman–Crippen MR) is 171 cm³/mol. The highest BCUT2D eigenvalue weighted by molar-refractivity contribution is 6.32. The third kappa shape index (κ3) is 9.97. The lowest BCUT2D eigenvalue weighted by Gasteiger charge is -2.38. The fourth-order valence-electron chi connectivity index (χ4n) is 5.22. The summed E-state index contributed by atoms with van der Waals surface area (Å²) in [6.07, 6.45) is 6.92. The number of benzene rings is 2. The van der Waals surface area contributed by atoms with E-state index in [1.165, 1.54) is 0 Å². The summed E-state index contributed by atoms with van der Waals surface area (Å²) in [6, 6.07) is 11.4. The quantitative estimate of drug-likeness (QED) is 0.178. The standard InChI is InChI=1S/C34H48Cl2N2O4/c1-5-7-9-11-21-41-31(27-15-13-25(3)23-29(27)35)33(39)37-17-19-38(20-18-37)34(40)32(42-22-12-10-8-6-2)28-16-14-26(4)24-30(28)36/h13-16,23-24,31-32H,5-12,17-22H2,1-4H3. The van der Waals surface area contributed by atoms with E-state index in [1.54, 1.807) is 9.80 Å². The minimum absolute atomic E-state index is 0.117. The molecule has 42 heavy (non-hydrogen) atoms. The molecule has 0 aromatic heterocycles. The van der Waals surface area contributed by atoms with Crippen LogP contribution in [0.5, 0.6) is 0 Å². The minimum atomic E-state index is -0.771. The van der Waals surface area contributed by atoms with Crippen LogP contribution < -0.4 is 0 Å². The molecule has 2 atom stereocenters. The van der Waals surface area contributed by atoms with Crippen molar-refractivity contribution in [1.82, 2.24) is 9.80 Å². The largest absolute Gasteiger partial charge is 0.364 e. The van der Waals surface area contributed by atoms with Gasteiger partial charge in [-0.1, -0.05) is 99.8 Å². The Balaban J connectivity index is 1.69. The van der Waals surface area contributed by atoms with Crippen molar-refractivity contribution < 1.29 is 19.1 Å². The summed E-state index contributed by atoms with van der Waals surface area (Å²) in [6.45, 7) is 10.9. The van der Waals surface area contributed by atoms with Crippen molar-refractivity contribution in [2.45, 2.75) is 91.3 Å². The van der Waals surface area contributed by atoms with E-state index in [4.69, 9.17) is 32.7 Å². The maximum absolute atomic E-state index is 13.8. The molecule has 2 aromatic rings. The number of hydrogen-bond donors (Lipinski definition) is 0. The summed E-state index contributed by atoms with van der Waals surface area (Å²) in [5.41, 5.74) is 3.43. The first-order valence-electron chi connectivity index (χ1n) is 15.6. The van der Waals surface area contributed by atoms with Crippen molar-refractivity contribution in [2.24, 2.45) is 0 Å². The van der Waals surface area contributed by atoms with Gasteiger partial charge in [0, 0.05) is 60.6 Å². The summed E-state index contributed by atoms with van der Waals surface area (Å²) < 4.78 is 12.4. The van der Waals surface area contributed by atoms with Crippen LogP contribution in [-0.4, -0.2) is 61.0 Å². The van der Waals surface area contributed by atoms with Crippen molar-refractivity contribution in [3.63, 3.8) is 0 Å². The topological polar surface area (TPSA) is 59.1 Å². The number of rotatable bonds is 16. The van der Waals surface area contributed by atoms with Crippen LogP contribution in [0.2, 0.25) is 10.0 Å². The first-order chi connectivity index (χ1) is 20.3. The second-order valence-electron chi connectivity index (χ2n) is 11.3. The monoisotopic (exact) mass is 618 g/mol. The molecule has 0 bridgehead atoms. The number of carbonyl (C=O) groups is 2. The number of amides is 2. The first kappa shape index (κ1) is 34.4. The Morgan fingerprint density at radius 2 is 1.05 bits per heavy atom. The third-order valence-corrected chi connectivity index (χ3v) is 8.45. The molecule has 0 saturated carbocycles. The van der Waals surface area contributed by atoms with Gasteiger partial charge in [0.05, 0.1) is 0 Å². The molecular weight excluding hydrogens is 571 g/mol.